The van der Waals surface area contributed by atoms with Crippen LogP contribution in [0.1, 0.15) is 71.8 Å². The molecule has 3 aliphatic rings. The van der Waals surface area contributed by atoms with Crippen molar-refractivity contribution in [2.75, 3.05) is 7.11 Å². The quantitative estimate of drug-likeness (QED) is 0.543. The van der Waals surface area contributed by atoms with Crippen LogP contribution in [0.3, 0.4) is 0 Å². The number of carbonyl (C=O) groups is 2. The van der Waals surface area contributed by atoms with Crippen LogP contribution < -0.4 is 4.74 Å². The predicted octanol–water partition coefficient (Wildman–Crippen LogP) is 5.63. The first-order valence-electron chi connectivity index (χ1n) is 11.8. The van der Waals surface area contributed by atoms with Crippen molar-refractivity contribution in [2.24, 2.45) is 5.41 Å². The predicted molar refractivity (Wildman–Crippen MR) is 124 cm³/mol. The minimum Gasteiger partial charge on any atom is -0.497 e. The number of aliphatic carboxylic acids is 1. The maximum absolute atomic E-state index is 12.5. The van der Waals surface area contributed by atoms with E-state index in [1.54, 1.807) is 19.2 Å². The molecular weight excluding hydrogens is 418 g/mol. The first-order valence-corrected chi connectivity index (χ1v) is 11.8. The van der Waals surface area contributed by atoms with Crippen LogP contribution in [0.15, 0.2) is 36.4 Å². The van der Waals surface area contributed by atoms with Gasteiger partial charge >= 0.3 is 11.9 Å². The van der Waals surface area contributed by atoms with E-state index < -0.39 is 17.4 Å². The van der Waals surface area contributed by atoms with Gasteiger partial charge < -0.3 is 19.5 Å². The van der Waals surface area contributed by atoms with Crippen LogP contribution in [0.5, 0.6) is 5.75 Å². The Balaban J connectivity index is 1.70. The number of aromatic nitrogens is 1. The van der Waals surface area contributed by atoms with Crippen molar-refractivity contribution in [3.05, 3.63) is 53.1 Å². The number of ether oxygens (including phenoxy) is 1. The topological polar surface area (TPSA) is 88.8 Å². The Bertz CT molecular complexity index is 1320. The Kier molecular flexibility index (Phi) is 4.38. The van der Waals surface area contributed by atoms with E-state index in [9.17, 15) is 19.8 Å². The molecule has 6 nitrogen and oxygen atoms in total. The maximum Gasteiger partial charge on any atom is 0.335 e. The fourth-order valence-corrected chi connectivity index (χ4v) is 6.41. The molecule has 1 aromatic heterocycles. The van der Waals surface area contributed by atoms with Crippen LogP contribution in [0, 0.1) is 5.41 Å². The standard InChI is InChI=1S/C27H27NO5/c1-33-17-8-10-18-20(12-17)21-13-27(21,26(31)32)14-28-22-11-16(25(29)30)7-9-19(22)23(24(18)28)15-5-3-2-4-6-15/h7-12,15,21H,2-6,13-14H2,1H3,(H,29,30)(H,31,32). The summed E-state index contributed by atoms with van der Waals surface area (Å²) in [4.78, 5) is 24.3. The van der Waals surface area contributed by atoms with Crippen molar-refractivity contribution in [1.82, 2.24) is 4.57 Å². The molecule has 1 aliphatic heterocycles. The first kappa shape index (κ1) is 20.3. The Morgan fingerprint density at radius 1 is 1.06 bits per heavy atom. The molecule has 6 heteroatoms. The molecule has 2 fully saturated rings. The summed E-state index contributed by atoms with van der Waals surface area (Å²) < 4.78 is 7.62. The summed E-state index contributed by atoms with van der Waals surface area (Å²) in [5.74, 6) is -0.709. The Morgan fingerprint density at radius 2 is 1.85 bits per heavy atom. The lowest BCUT2D eigenvalue weighted by atomic mass is 9.81. The third kappa shape index (κ3) is 2.86. The van der Waals surface area contributed by atoms with Gasteiger partial charge in [0.1, 0.15) is 5.75 Å². The van der Waals surface area contributed by atoms with E-state index in [4.69, 9.17) is 4.74 Å². The fourth-order valence-electron chi connectivity index (χ4n) is 6.41. The van der Waals surface area contributed by atoms with Gasteiger partial charge in [0.25, 0.3) is 0 Å². The molecule has 2 aliphatic carbocycles. The largest absolute Gasteiger partial charge is 0.497 e. The summed E-state index contributed by atoms with van der Waals surface area (Å²) in [6.45, 7) is 0.353. The van der Waals surface area contributed by atoms with Gasteiger partial charge in [-0.2, -0.15) is 0 Å². The van der Waals surface area contributed by atoms with Crippen LogP contribution in [-0.4, -0.2) is 33.8 Å². The van der Waals surface area contributed by atoms with Gasteiger partial charge in [-0.05, 0) is 66.6 Å². The van der Waals surface area contributed by atoms with E-state index in [1.165, 1.54) is 24.8 Å². The van der Waals surface area contributed by atoms with Gasteiger partial charge in [-0.15, -0.1) is 0 Å². The second-order valence-corrected chi connectivity index (χ2v) is 9.89. The Labute approximate surface area is 191 Å². The summed E-state index contributed by atoms with van der Waals surface area (Å²) in [6, 6.07) is 11.4. The molecule has 2 unspecified atom stereocenters. The number of methoxy groups -OCH3 is 1. The molecular formula is C27H27NO5. The third-order valence-electron chi connectivity index (χ3n) is 8.19. The summed E-state index contributed by atoms with van der Waals surface area (Å²) in [6.07, 6.45) is 6.39. The monoisotopic (exact) mass is 445 g/mol. The number of aromatic carboxylic acids is 1. The fraction of sp³-hybridized carbons (Fsp3) is 0.407. The SMILES string of the molecule is COc1ccc2c(c1)C1CC1(C(=O)O)Cn1c-2c(C2CCCCC2)c2ccc(C(=O)O)cc21. The number of hydrogen-bond acceptors (Lipinski definition) is 3. The molecule has 0 saturated heterocycles. The third-order valence-corrected chi connectivity index (χ3v) is 8.19. The van der Waals surface area contributed by atoms with Gasteiger partial charge in [-0.3, -0.25) is 4.79 Å². The van der Waals surface area contributed by atoms with Crippen molar-refractivity contribution < 1.29 is 24.5 Å². The normalized spacial score (nSPS) is 23.8. The zero-order valence-electron chi connectivity index (χ0n) is 18.6. The van der Waals surface area contributed by atoms with Gasteiger partial charge in [0.15, 0.2) is 0 Å². The number of carboxylic acid groups (broad SMARTS) is 2. The number of fused-ring (bicyclic) bond motifs is 7. The zero-order chi connectivity index (χ0) is 22.9. The lowest BCUT2D eigenvalue weighted by Crippen LogP contribution is -2.22. The number of benzene rings is 2. The highest BCUT2D eigenvalue weighted by Gasteiger charge is 2.63. The van der Waals surface area contributed by atoms with Gasteiger partial charge in [0.2, 0.25) is 0 Å². The molecule has 2 aromatic carbocycles. The second-order valence-electron chi connectivity index (χ2n) is 9.89. The highest BCUT2D eigenvalue weighted by atomic mass is 16.5. The lowest BCUT2D eigenvalue weighted by molar-refractivity contribution is -0.144. The van der Waals surface area contributed by atoms with Crippen molar-refractivity contribution in [1.29, 1.82) is 0 Å². The molecule has 3 aromatic rings. The molecule has 33 heavy (non-hydrogen) atoms. The van der Waals surface area contributed by atoms with E-state index in [-0.39, 0.29) is 11.5 Å². The van der Waals surface area contributed by atoms with Crippen molar-refractivity contribution in [3.8, 4) is 17.0 Å². The second kappa shape index (κ2) is 7.11. The van der Waals surface area contributed by atoms with Crippen LogP contribution in [0.25, 0.3) is 22.2 Å². The zero-order valence-corrected chi connectivity index (χ0v) is 18.6. The molecule has 0 spiro atoms. The molecule has 6 rings (SSSR count). The van der Waals surface area contributed by atoms with Gasteiger partial charge in [0, 0.05) is 28.9 Å². The van der Waals surface area contributed by atoms with E-state index in [1.807, 2.05) is 18.2 Å². The Hall–Kier alpha value is -3.28. The van der Waals surface area contributed by atoms with Crippen molar-refractivity contribution in [3.63, 3.8) is 0 Å². The summed E-state index contributed by atoms with van der Waals surface area (Å²) in [7, 11) is 1.63. The van der Waals surface area contributed by atoms with Crippen LogP contribution in [0.2, 0.25) is 0 Å². The van der Waals surface area contributed by atoms with E-state index in [2.05, 4.69) is 10.6 Å². The minimum absolute atomic E-state index is 0.0723. The highest BCUT2D eigenvalue weighted by Crippen LogP contribution is 2.65. The molecule has 2 atom stereocenters. The average molecular weight is 446 g/mol. The maximum atomic E-state index is 12.5. The molecule has 2 N–H and O–H groups in total. The summed E-state index contributed by atoms with van der Waals surface area (Å²) >= 11 is 0. The van der Waals surface area contributed by atoms with E-state index in [0.29, 0.717) is 18.9 Å². The van der Waals surface area contributed by atoms with E-state index in [0.717, 1.165) is 46.3 Å². The van der Waals surface area contributed by atoms with Gasteiger partial charge in [-0.1, -0.05) is 25.3 Å². The molecule has 0 amide bonds. The highest BCUT2D eigenvalue weighted by molar-refractivity contribution is 5.99. The first-order chi connectivity index (χ1) is 15.9. The minimum atomic E-state index is -0.970. The molecule has 2 saturated carbocycles. The smallest absolute Gasteiger partial charge is 0.335 e. The van der Waals surface area contributed by atoms with Crippen molar-refractivity contribution >= 4 is 22.8 Å². The van der Waals surface area contributed by atoms with Crippen LogP contribution in [0.4, 0.5) is 0 Å². The van der Waals surface area contributed by atoms with Crippen LogP contribution in [-0.2, 0) is 11.3 Å². The Morgan fingerprint density at radius 3 is 2.55 bits per heavy atom. The van der Waals surface area contributed by atoms with Crippen LogP contribution >= 0.6 is 0 Å². The molecule has 170 valence electrons. The average Bonchev–Trinajstić information content (AvgIpc) is 3.50. The summed E-state index contributed by atoms with van der Waals surface area (Å²) in [5, 5.41) is 21.0. The number of rotatable bonds is 4. The number of nitrogens with zero attached hydrogens (tertiary/aromatic N) is 1. The lowest BCUT2D eigenvalue weighted by Gasteiger charge is -2.24. The van der Waals surface area contributed by atoms with Gasteiger partial charge in [-0.25, -0.2) is 4.79 Å². The molecule has 0 bridgehead atoms. The molecule has 2 heterocycles. The van der Waals surface area contributed by atoms with Crippen molar-refractivity contribution in [2.45, 2.75) is 56.9 Å². The number of hydrogen-bond donors (Lipinski definition) is 2. The summed E-state index contributed by atoms with van der Waals surface area (Å²) in [5.41, 5.74) is 4.62. The molecule has 0 radical (unpaired) electrons. The van der Waals surface area contributed by atoms with E-state index >= 15 is 0 Å². The van der Waals surface area contributed by atoms with Gasteiger partial charge in [0.05, 0.1) is 23.8 Å². The number of carboxylic acids is 2.